The van der Waals surface area contributed by atoms with E-state index in [9.17, 15) is 17.6 Å². The van der Waals surface area contributed by atoms with Gasteiger partial charge in [-0.05, 0) is 18.6 Å². The summed E-state index contributed by atoms with van der Waals surface area (Å²) >= 11 is 0. The molecule has 1 aromatic rings. The Hall–Kier alpha value is -1.40. The van der Waals surface area contributed by atoms with E-state index in [2.05, 4.69) is 6.92 Å². The number of alkyl halides is 3. The lowest BCUT2D eigenvalue weighted by Gasteiger charge is -2.29. The smallest absolute Gasteiger partial charge is 0.348 e. The summed E-state index contributed by atoms with van der Waals surface area (Å²) in [5.41, 5.74) is 0.345. The van der Waals surface area contributed by atoms with Crippen LogP contribution in [0.4, 0.5) is 17.6 Å². The SMILES string of the molecule is CCCC1COC(c2ccc(C=CC(F)(F)F)c(F)c2)OC1. The Kier molecular flexibility index (Phi) is 5.58. The Balaban J connectivity index is 2.02. The topological polar surface area (TPSA) is 18.5 Å². The highest BCUT2D eigenvalue weighted by Gasteiger charge is 2.24. The highest BCUT2D eigenvalue weighted by Crippen LogP contribution is 2.28. The zero-order valence-electron chi connectivity index (χ0n) is 12.2. The number of hydrogen-bond acceptors (Lipinski definition) is 2. The maximum atomic E-state index is 13.8. The zero-order chi connectivity index (χ0) is 16.2. The molecule has 1 aromatic carbocycles. The predicted octanol–water partition coefficient (Wildman–Crippen LogP) is 4.86. The molecule has 22 heavy (non-hydrogen) atoms. The van der Waals surface area contributed by atoms with E-state index in [1.165, 1.54) is 12.1 Å². The number of hydrogen-bond donors (Lipinski definition) is 0. The van der Waals surface area contributed by atoms with E-state index in [0.29, 0.717) is 30.8 Å². The highest BCUT2D eigenvalue weighted by molar-refractivity contribution is 5.51. The lowest BCUT2D eigenvalue weighted by molar-refractivity contribution is -0.206. The van der Waals surface area contributed by atoms with Crippen molar-refractivity contribution in [1.82, 2.24) is 0 Å². The molecule has 0 bridgehead atoms. The summed E-state index contributed by atoms with van der Waals surface area (Å²) < 4.78 is 61.2. The van der Waals surface area contributed by atoms with Crippen LogP contribution in [0, 0.1) is 11.7 Å². The van der Waals surface area contributed by atoms with Gasteiger partial charge in [-0.3, -0.25) is 0 Å². The van der Waals surface area contributed by atoms with Crippen molar-refractivity contribution in [3.8, 4) is 0 Å². The van der Waals surface area contributed by atoms with E-state index < -0.39 is 18.3 Å². The largest absolute Gasteiger partial charge is 0.409 e. The molecule has 0 unspecified atom stereocenters. The minimum atomic E-state index is -4.46. The normalized spacial score (nSPS) is 23.1. The molecule has 0 aliphatic carbocycles. The van der Waals surface area contributed by atoms with Gasteiger partial charge in [-0.15, -0.1) is 0 Å². The first-order valence-electron chi connectivity index (χ1n) is 7.17. The molecule has 0 radical (unpaired) electrons. The molecule has 1 fully saturated rings. The summed E-state index contributed by atoms with van der Waals surface area (Å²) in [4.78, 5) is 0. The van der Waals surface area contributed by atoms with Gasteiger partial charge in [0.2, 0.25) is 0 Å². The molecule has 0 amide bonds. The van der Waals surface area contributed by atoms with Crippen LogP contribution in [0.3, 0.4) is 0 Å². The Morgan fingerprint density at radius 3 is 2.45 bits per heavy atom. The van der Waals surface area contributed by atoms with Crippen molar-refractivity contribution >= 4 is 6.08 Å². The summed E-state index contributed by atoms with van der Waals surface area (Å²) in [6.07, 6.45) is -2.37. The number of ether oxygens (including phenoxy) is 2. The Morgan fingerprint density at radius 1 is 1.23 bits per heavy atom. The monoisotopic (exact) mass is 318 g/mol. The van der Waals surface area contributed by atoms with Gasteiger partial charge >= 0.3 is 6.18 Å². The van der Waals surface area contributed by atoms with Crippen molar-refractivity contribution in [1.29, 1.82) is 0 Å². The van der Waals surface area contributed by atoms with Crippen LogP contribution in [0.5, 0.6) is 0 Å². The summed E-state index contributed by atoms with van der Waals surface area (Å²) in [6.45, 7) is 3.15. The summed E-state index contributed by atoms with van der Waals surface area (Å²) in [5.74, 6) is -0.402. The van der Waals surface area contributed by atoms with E-state index in [1.807, 2.05) is 0 Å². The van der Waals surface area contributed by atoms with Crippen molar-refractivity contribution in [3.05, 3.63) is 41.2 Å². The summed E-state index contributed by atoms with van der Waals surface area (Å²) in [6, 6.07) is 3.96. The van der Waals surface area contributed by atoms with Crippen molar-refractivity contribution in [2.45, 2.75) is 32.2 Å². The first kappa shape index (κ1) is 17.0. The van der Waals surface area contributed by atoms with Crippen molar-refractivity contribution in [2.24, 2.45) is 5.92 Å². The van der Waals surface area contributed by atoms with Crippen LogP contribution >= 0.6 is 0 Å². The Bertz CT molecular complexity index is 517. The van der Waals surface area contributed by atoms with Crippen molar-refractivity contribution < 1.29 is 27.0 Å². The Morgan fingerprint density at radius 2 is 1.91 bits per heavy atom. The van der Waals surface area contributed by atoms with E-state index in [1.54, 1.807) is 0 Å². The second kappa shape index (κ2) is 7.24. The molecule has 2 nitrogen and oxygen atoms in total. The molecule has 6 heteroatoms. The average Bonchev–Trinajstić information content (AvgIpc) is 2.46. The van der Waals surface area contributed by atoms with Gasteiger partial charge in [0, 0.05) is 23.1 Å². The van der Waals surface area contributed by atoms with Gasteiger partial charge in [-0.1, -0.05) is 25.5 Å². The second-order valence-corrected chi connectivity index (χ2v) is 5.31. The van der Waals surface area contributed by atoms with Gasteiger partial charge in [0.25, 0.3) is 0 Å². The van der Waals surface area contributed by atoms with Crippen LogP contribution < -0.4 is 0 Å². The molecule has 0 saturated carbocycles. The zero-order valence-corrected chi connectivity index (χ0v) is 12.2. The molecule has 122 valence electrons. The predicted molar refractivity (Wildman–Crippen MR) is 74.5 cm³/mol. The maximum absolute atomic E-state index is 13.8. The minimum absolute atomic E-state index is 0.00798. The molecule has 1 aliphatic rings. The fourth-order valence-electron chi connectivity index (χ4n) is 2.32. The molecule has 0 spiro atoms. The lowest BCUT2D eigenvalue weighted by atomic mass is 10.0. The van der Waals surface area contributed by atoms with E-state index >= 15 is 0 Å². The summed E-state index contributed by atoms with van der Waals surface area (Å²) in [7, 11) is 0. The highest BCUT2D eigenvalue weighted by atomic mass is 19.4. The molecule has 1 saturated heterocycles. The van der Waals surface area contributed by atoms with Crippen LogP contribution in [0.2, 0.25) is 0 Å². The van der Waals surface area contributed by atoms with Crippen molar-refractivity contribution in [2.75, 3.05) is 13.2 Å². The number of rotatable bonds is 4. The van der Waals surface area contributed by atoms with Crippen LogP contribution in [-0.2, 0) is 9.47 Å². The van der Waals surface area contributed by atoms with Gasteiger partial charge in [-0.25, -0.2) is 4.39 Å². The van der Waals surface area contributed by atoms with Gasteiger partial charge in [0.05, 0.1) is 13.2 Å². The Labute approximate surface area is 126 Å². The lowest BCUT2D eigenvalue weighted by Crippen LogP contribution is -2.27. The maximum Gasteiger partial charge on any atom is 0.409 e. The first-order valence-corrected chi connectivity index (χ1v) is 7.17. The molecule has 0 aromatic heterocycles. The van der Waals surface area contributed by atoms with Crippen LogP contribution in [0.25, 0.3) is 6.08 Å². The fraction of sp³-hybridized carbons (Fsp3) is 0.500. The minimum Gasteiger partial charge on any atom is -0.348 e. The second-order valence-electron chi connectivity index (χ2n) is 5.31. The third-order valence-electron chi connectivity index (χ3n) is 3.41. The third kappa shape index (κ3) is 4.81. The van der Waals surface area contributed by atoms with Gasteiger partial charge in [-0.2, -0.15) is 13.2 Å². The summed E-state index contributed by atoms with van der Waals surface area (Å²) in [5, 5.41) is 0. The van der Waals surface area contributed by atoms with Crippen LogP contribution in [0.1, 0.15) is 37.2 Å². The van der Waals surface area contributed by atoms with E-state index in [0.717, 1.165) is 18.9 Å². The van der Waals surface area contributed by atoms with Crippen molar-refractivity contribution in [3.63, 3.8) is 0 Å². The fourth-order valence-corrected chi connectivity index (χ4v) is 2.32. The number of halogens is 4. The molecule has 1 heterocycles. The van der Waals surface area contributed by atoms with Gasteiger partial charge in [0.1, 0.15) is 5.82 Å². The molecular formula is C16H18F4O2. The van der Waals surface area contributed by atoms with Gasteiger partial charge < -0.3 is 9.47 Å². The molecule has 2 rings (SSSR count). The third-order valence-corrected chi connectivity index (χ3v) is 3.41. The van der Waals surface area contributed by atoms with E-state index in [4.69, 9.17) is 9.47 Å². The standard InChI is InChI=1S/C16H18F4O2/c1-2-3-11-9-21-15(22-10-11)13-5-4-12(14(17)8-13)6-7-16(18,19)20/h4-8,11,15H,2-3,9-10H2,1H3. The quantitative estimate of drug-likeness (QED) is 0.738. The van der Waals surface area contributed by atoms with E-state index in [-0.39, 0.29) is 11.6 Å². The van der Waals surface area contributed by atoms with Crippen LogP contribution in [-0.4, -0.2) is 19.4 Å². The molecule has 0 atom stereocenters. The molecule has 1 aliphatic heterocycles. The molecule has 0 N–H and O–H groups in total. The average molecular weight is 318 g/mol. The number of allylic oxidation sites excluding steroid dienone is 1. The molecular weight excluding hydrogens is 300 g/mol. The van der Waals surface area contributed by atoms with Gasteiger partial charge in [0.15, 0.2) is 6.29 Å². The van der Waals surface area contributed by atoms with Crippen LogP contribution in [0.15, 0.2) is 24.3 Å². The number of benzene rings is 1. The first-order chi connectivity index (χ1) is 10.4.